The van der Waals surface area contributed by atoms with E-state index in [-0.39, 0.29) is 0 Å². The number of hydrogen-bond donors (Lipinski definition) is 4. The van der Waals surface area contributed by atoms with E-state index in [0.29, 0.717) is 0 Å². The Morgan fingerprint density at radius 3 is 1.53 bits per heavy atom. The van der Waals surface area contributed by atoms with Crippen molar-refractivity contribution < 1.29 is 9.90 Å². The minimum atomic E-state index is -1.33. The molecule has 5 N–H and O–H groups in total. The van der Waals surface area contributed by atoms with Crippen molar-refractivity contribution in [3.63, 3.8) is 0 Å². The van der Waals surface area contributed by atoms with Crippen molar-refractivity contribution in [3.05, 3.63) is 84.2 Å². The summed E-state index contributed by atoms with van der Waals surface area (Å²) in [6, 6.07) is 24.9. The summed E-state index contributed by atoms with van der Waals surface area (Å²) in [5, 5.41) is 7.19. The van der Waals surface area contributed by atoms with E-state index in [1.807, 2.05) is 12.2 Å². The molecule has 0 radical (unpaired) electrons. The molecule has 0 unspecified atom stereocenters. The second kappa shape index (κ2) is 7.88. The number of nitrogens with zero attached hydrogens (tertiary/aromatic N) is 2. The molecule has 0 saturated carbocycles. The van der Waals surface area contributed by atoms with Crippen molar-refractivity contribution in [2.45, 2.75) is 0 Å². The highest BCUT2D eigenvalue weighted by Crippen LogP contribution is 2.35. The number of H-pyrrole nitrogens is 2. The number of carboxylic acid groups (broad SMARTS) is 1. The van der Waals surface area contributed by atoms with Crippen molar-refractivity contribution in [3.8, 4) is 22.5 Å². The van der Waals surface area contributed by atoms with Crippen LogP contribution in [0.2, 0.25) is 0 Å². The van der Waals surface area contributed by atoms with E-state index in [2.05, 4.69) is 93.5 Å². The first-order valence-corrected chi connectivity index (χ1v) is 9.98. The van der Waals surface area contributed by atoms with Crippen LogP contribution in [0.15, 0.2) is 72.8 Å². The number of nitrogens with one attached hydrogen (secondary N) is 2. The lowest BCUT2D eigenvalue weighted by molar-refractivity contribution is 0.205. The summed E-state index contributed by atoms with van der Waals surface area (Å²) < 4.78 is 0. The zero-order valence-electron chi connectivity index (χ0n) is 16.9. The third kappa shape index (κ3) is 3.99. The molecule has 4 aromatic rings. The number of fused-ring (bicyclic) bond motifs is 11. The number of nitrogens with two attached hydrogens (primary N) is 1. The van der Waals surface area contributed by atoms with E-state index in [1.54, 1.807) is 0 Å². The van der Waals surface area contributed by atoms with Gasteiger partial charge in [0, 0.05) is 33.2 Å². The number of aromatic nitrogens is 4. The van der Waals surface area contributed by atoms with Gasteiger partial charge in [0.15, 0.2) is 0 Å². The maximum absolute atomic E-state index is 8.78. The Balaban J connectivity index is 0.000000501. The van der Waals surface area contributed by atoms with Gasteiger partial charge in [-0.2, -0.15) is 0 Å². The van der Waals surface area contributed by atoms with Crippen LogP contribution in [0.1, 0.15) is 11.4 Å². The lowest BCUT2D eigenvalue weighted by atomic mass is 10.1. The highest BCUT2D eigenvalue weighted by Gasteiger charge is 2.15. The summed E-state index contributed by atoms with van der Waals surface area (Å²) in [4.78, 5) is 25.3. The van der Waals surface area contributed by atoms with Gasteiger partial charge in [0.05, 0.1) is 22.8 Å². The molecule has 1 aromatic carbocycles. The van der Waals surface area contributed by atoms with Crippen LogP contribution in [0.4, 0.5) is 4.79 Å². The summed E-state index contributed by atoms with van der Waals surface area (Å²) in [5.41, 5.74) is 14.2. The average Bonchev–Trinajstić information content (AvgIpc) is 3.53. The zero-order chi connectivity index (χ0) is 22.1. The minimum Gasteiger partial charge on any atom is -0.465 e. The summed E-state index contributed by atoms with van der Waals surface area (Å²) in [6.45, 7) is 0. The Labute approximate surface area is 182 Å². The average molecular weight is 421 g/mol. The van der Waals surface area contributed by atoms with Gasteiger partial charge in [-0.1, -0.05) is 24.3 Å². The van der Waals surface area contributed by atoms with Gasteiger partial charge < -0.3 is 20.8 Å². The molecule has 7 heteroatoms. The highest BCUT2D eigenvalue weighted by atomic mass is 16.4. The largest absolute Gasteiger partial charge is 0.465 e. The number of hydrogen-bond acceptors (Lipinski definition) is 3. The first kappa shape index (κ1) is 19.3. The maximum atomic E-state index is 8.78. The molecule has 0 aliphatic carbocycles. The van der Waals surface area contributed by atoms with Gasteiger partial charge in [0.25, 0.3) is 0 Å². The lowest BCUT2D eigenvalue weighted by Gasteiger charge is -1.97. The van der Waals surface area contributed by atoms with E-state index in [4.69, 9.17) is 14.9 Å². The van der Waals surface area contributed by atoms with E-state index < -0.39 is 6.09 Å². The van der Waals surface area contributed by atoms with Crippen molar-refractivity contribution in [2.24, 2.45) is 5.73 Å². The molecule has 0 atom stereocenters. The summed E-state index contributed by atoms with van der Waals surface area (Å²) in [5.74, 6) is 0. The fourth-order valence-corrected chi connectivity index (χ4v) is 3.76. The highest BCUT2D eigenvalue weighted by molar-refractivity contribution is 5.87. The van der Waals surface area contributed by atoms with Crippen LogP contribution in [0.25, 0.3) is 56.7 Å². The van der Waals surface area contributed by atoms with Crippen molar-refractivity contribution in [2.75, 3.05) is 0 Å². The number of amides is 1. The maximum Gasteiger partial charge on any atom is 0.402 e. The summed E-state index contributed by atoms with van der Waals surface area (Å²) >= 11 is 0. The molecule has 0 spiro atoms. The van der Waals surface area contributed by atoms with Gasteiger partial charge >= 0.3 is 6.09 Å². The Kier molecular flexibility index (Phi) is 4.76. The van der Waals surface area contributed by atoms with E-state index in [0.717, 1.165) is 56.0 Å². The van der Waals surface area contributed by atoms with Gasteiger partial charge in [0.1, 0.15) is 0 Å². The van der Waals surface area contributed by atoms with Crippen molar-refractivity contribution in [1.29, 1.82) is 0 Å². The Hall–Kier alpha value is -4.65. The molecule has 7 nitrogen and oxygen atoms in total. The molecule has 2 aliphatic heterocycles. The second-order valence-corrected chi connectivity index (χ2v) is 7.38. The zero-order valence-corrected chi connectivity index (χ0v) is 16.9. The molecule has 0 fully saturated rings. The van der Waals surface area contributed by atoms with Crippen LogP contribution in [0.3, 0.4) is 0 Å². The predicted molar refractivity (Wildman–Crippen MR) is 127 cm³/mol. The molecule has 0 saturated heterocycles. The third-order valence-electron chi connectivity index (χ3n) is 5.06. The quantitative estimate of drug-likeness (QED) is 0.261. The van der Waals surface area contributed by atoms with Crippen LogP contribution < -0.4 is 5.73 Å². The molecular weight excluding hydrogens is 402 g/mol. The van der Waals surface area contributed by atoms with Crippen molar-refractivity contribution in [1.82, 2.24) is 19.9 Å². The first-order valence-electron chi connectivity index (χ1n) is 9.98. The van der Waals surface area contributed by atoms with E-state index in [9.17, 15) is 0 Å². The van der Waals surface area contributed by atoms with Gasteiger partial charge in [-0.3, -0.25) is 0 Å². The number of primary amides is 1. The van der Waals surface area contributed by atoms with E-state index in [1.165, 1.54) is 0 Å². The molecule has 6 rings (SSSR count). The lowest BCUT2D eigenvalue weighted by Crippen LogP contribution is -2.03. The monoisotopic (exact) mass is 421 g/mol. The number of rotatable bonds is 0. The van der Waals surface area contributed by atoms with Crippen LogP contribution >= 0.6 is 0 Å². The Morgan fingerprint density at radius 2 is 1.09 bits per heavy atom. The number of benzene rings is 1. The fraction of sp³-hybridized carbons (Fsp3) is 0. The van der Waals surface area contributed by atoms with Crippen LogP contribution in [0, 0.1) is 0 Å². The Morgan fingerprint density at radius 1 is 0.688 bits per heavy atom. The smallest absolute Gasteiger partial charge is 0.402 e. The normalized spacial score (nSPS) is 11.4. The van der Waals surface area contributed by atoms with Gasteiger partial charge in [-0.05, 0) is 60.7 Å². The van der Waals surface area contributed by atoms with Crippen molar-refractivity contribution >= 4 is 40.3 Å². The summed E-state index contributed by atoms with van der Waals surface area (Å²) in [6.07, 6.45) is 2.73. The molecule has 8 bridgehead atoms. The number of carbonyl (C=O) groups is 1. The predicted octanol–water partition coefficient (Wildman–Crippen LogP) is 5.44. The minimum absolute atomic E-state index is 0.934. The second-order valence-electron chi connectivity index (χ2n) is 7.38. The SMILES string of the molecule is C1=Cc2cc3ccc(cc4nc(cc5ccc(cc1n2)[nH]5)-c1ccccc1-4)[nH]3.NC(=O)O. The van der Waals surface area contributed by atoms with Gasteiger partial charge in [0.2, 0.25) is 0 Å². The van der Waals surface area contributed by atoms with Gasteiger partial charge in [-0.25, -0.2) is 14.8 Å². The van der Waals surface area contributed by atoms with E-state index >= 15 is 0 Å². The van der Waals surface area contributed by atoms with Crippen LogP contribution in [-0.4, -0.2) is 31.1 Å². The molecular formula is C25H19N5O2. The van der Waals surface area contributed by atoms with Gasteiger partial charge in [-0.15, -0.1) is 0 Å². The standard InChI is InChI=1S/C24H16N4.CH3NO2/c1-2-4-22-21(3-1)23-13-19-9-7-17(26-19)11-15-5-6-16(25-15)12-18-8-10-20(27-18)14-24(22)28-23;2-1(3)4/h1-14,26-27H;2H2,(H,3,4). The molecule has 32 heavy (non-hydrogen) atoms. The fourth-order valence-electron chi connectivity index (χ4n) is 3.76. The molecule has 2 aliphatic rings. The topological polar surface area (TPSA) is 121 Å². The molecule has 1 amide bonds. The number of aromatic amines is 2. The molecule has 156 valence electrons. The third-order valence-corrected chi connectivity index (χ3v) is 5.06. The molecule has 3 aromatic heterocycles. The van der Waals surface area contributed by atoms with Crippen LogP contribution in [0.5, 0.6) is 0 Å². The Bertz CT molecular complexity index is 1420. The molecule has 5 heterocycles. The summed E-state index contributed by atoms with van der Waals surface area (Å²) in [7, 11) is 0. The first-order chi connectivity index (χ1) is 15.5. The van der Waals surface area contributed by atoms with Crippen LogP contribution in [-0.2, 0) is 0 Å².